The number of rotatable bonds is 4. The number of nitrogens with one attached hydrogen (secondary N) is 1. The lowest BCUT2D eigenvalue weighted by Gasteiger charge is -2.10. The van der Waals surface area contributed by atoms with E-state index in [-0.39, 0.29) is 0 Å². The predicted octanol–water partition coefficient (Wildman–Crippen LogP) is 1.47. The van der Waals surface area contributed by atoms with E-state index < -0.39 is 0 Å². The van der Waals surface area contributed by atoms with Gasteiger partial charge < -0.3 is 5.32 Å². The van der Waals surface area contributed by atoms with Gasteiger partial charge in [0, 0.05) is 42.4 Å². The van der Waals surface area contributed by atoms with E-state index in [0.717, 1.165) is 17.8 Å². The first kappa shape index (κ1) is 11.7. The third-order valence-electron chi connectivity index (χ3n) is 2.48. The molecule has 2 aromatic rings. The average molecular weight is 231 g/mol. The van der Waals surface area contributed by atoms with Gasteiger partial charge in [-0.05, 0) is 13.0 Å². The first-order valence-electron chi connectivity index (χ1n) is 5.72. The summed E-state index contributed by atoms with van der Waals surface area (Å²) in [6, 6.07) is 2.31. The minimum atomic E-state index is 0.459. The van der Waals surface area contributed by atoms with Crippen LogP contribution in [0.2, 0.25) is 0 Å². The zero-order valence-electron chi connectivity index (χ0n) is 10.4. The SMILES string of the molecule is Cc1nc(-n2cccn2)ncc1CNC(C)C. The summed E-state index contributed by atoms with van der Waals surface area (Å²) in [6.07, 6.45) is 5.41. The number of hydrogen-bond acceptors (Lipinski definition) is 4. The molecule has 0 unspecified atom stereocenters. The van der Waals surface area contributed by atoms with Gasteiger partial charge in [-0.1, -0.05) is 13.8 Å². The number of aromatic nitrogens is 4. The molecule has 5 nitrogen and oxygen atoms in total. The number of hydrogen-bond donors (Lipinski definition) is 1. The van der Waals surface area contributed by atoms with Crippen molar-refractivity contribution in [1.82, 2.24) is 25.1 Å². The lowest BCUT2D eigenvalue weighted by molar-refractivity contribution is 0.584. The van der Waals surface area contributed by atoms with Crippen molar-refractivity contribution in [3.63, 3.8) is 0 Å². The number of aryl methyl sites for hydroxylation is 1. The zero-order valence-corrected chi connectivity index (χ0v) is 10.4. The van der Waals surface area contributed by atoms with Gasteiger partial charge in [0.2, 0.25) is 0 Å². The molecule has 90 valence electrons. The maximum Gasteiger partial charge on any atom is 0.250 e. The summed E-state index contributed by atoms with van der Waals surface area (Å²) < 4.78 is 1.66. The first-order valence-corrected chi connectivity index (χ1v) is 5.72. The Kier molecular flexibility index (Phi) is 3.49. The van der Waals surface area contributed by atoms with Crippen molar-refractivity contribution < 1.29 is 0 Å². The predicted molar refractivity (Wildman–Crippen MR) is 65.9 cm³/mol. The van der Waals surface area contributed by atoms with Crippen molar-refractivity contribution in [3.8, 4) is 5.95 Å². The highest BCUT2D eigenvalue weighted by Gasteiger charge is 2.05. The van der Waals surface area contributed by atoms with Gasteiger partial charge in [0.25, 0.3) is 5.95 Å². The van der Waals surface area contributed by atoms with Crippen LogP contribution in [-0.2, 0) is 6.54 Å². The first-order chi connectivity index (χ1) is 8.16. The fourth-order valence-electron chi connectivity index (χ4n) is 1.46. The Balaban J connectivity index is 2.17. The Hall–Kier alpha value is -1.75. The molecule has 0 fully saturated rings. The highest BCUT2D eigenvalue weighted by atomic mass is 15.3. The molecule has 0 bridgehead atoms. The van der Waals surface area contributed by atoms with Crippen molar-refractivity contribution in [2.24, 2.45) is 0 Å². The Morgan fingerprint density at radius 2 is 2.24 bits per heavy atom. The van der Waals surface area contributed by atoms with Gasteiger partial charge in [-0.25, -0.2) is 14.6 Å². The highest BCUT2D eigenvalue weighted by Crippen LogP contribution is 2.06. The summed E-state index contributed by atoms with van der Waals surface area (Å²) in [7, 11) is 0. The van der Waals surface area contributed by atoms with Gasteiger partial charge in [-0.2, -0.15) is 5.10 Å². The van der Waals surface area contributed by atoms with Crippen LogP contribution in [0, 0.1) is 6.92 Å². The van der Waals surface area contributed by atoms with E-state index in [1.807, 2.05) is 25.4 Å². The molecule has 0 aliphatic carbocycles. The summed E-state index contributed by atoms with van der Waals surface area (Å²) >= 11 is 0. The lowest BCUT2D eigenvalue weighted by Crippen LogP contribution is -2.22. The molecule has 0 atom stereocenters. The third kappa shape index (κ3) is 2.88. The van der Waals surface area contributed by atoms with Crippen LogP contribution in [0.1, 0.15) is 25.1 Å². The summed E-state index contributed by atoms with van der Waals surface area (Å²) in [5.41, 5.74) is 2.10. The second-order valence-corrected chi connectivity index (χ2v) is 4.27. The lowest BCUT2D eigenvalue weighted by atomic mass is 10.2. The quantitative estimate of drug-likeness (QED) is 0.865. The van der Waals surface area contributed by atoms with Crippen LogP contribution in [0.3, 0.4) is 0 Å². The maximum absolute atomic E-state index is 4.44. The van der Waals surface area contributed by atoms with Gasteiger partial charge in [0.15, 0.2) is 0 Å². The second-order valence-electron chi connectivity index (χ2n) is 4.27. The van der Waals surface area contributed by atoms with Gasteiger partial charge >= 0.3 is 0 Å². The molecule has 5 heteroatoms. The van der Waals surface area contributed by atoms with E-state index in [1.165, 1.54) is 0 Å². The average Bonchev–Trinajstić information content (AvgIpc) is 2.80. The maximum atomic E-state index is 4.44. The molecular weight excluding hydrogens is 214 g/mol. The fraction of sp³-hybridized carbons (Fsp3) is 0.417. The van der Waals surface area contributed by atoms with Gasteiger partial charge in [-0.15, -0.1) is 0 Å². The summed E-state index contributed by atoms with van der Waals surface area (Å²) in [4.78, 5) is 8.75. The molecule has 2 aromatic heterocycles. The van der Waals surface area contributed by atoms with Crippen LogP contribution in [0.4, 0.5) is 0 Å². The van der Waals surface area contributed by atoms with Crippen LogP contribution in [0.5, 0.6) is 0 Å². The van der Waals surface area contributed by atoms with Gasteiger partial charge in [0.05, 0.1) is 0 Å². The molecule has 1 N–H and O–H groups in total. The molecule has 17 heavy (non-hydrogen) atoms. The molecule has 0 saturated carbocycles. The van der Waals surface area contributed by atoms with Crippen LogP contribution in [0.25, 0.3) is 5.95 Å². The largest absolute Gasteiger partial charge is 0.310 e. The van der Waals surface area contributed by atoms with E-state index >= 15 is 0 Å². The van der Waals surface area contributed by atoms with E-state index in [4.69, 9.17) is 0 Å². The Labute approximate surface area is 101 Å². The Bertz CT molecular complexity index is 476. The Morgan fingerprint density at radius 1 is 1.41 bits per heavy atom. The normalized spacial score (nSPS) is 11.1. The molecule has 0 aromatic carbocycles. The molecule has 0 saturated heterocycles. The minimum Gasteiger partial charge on any atom is -0.310 e. The second kappa shape index (κ2) is 5.05. The van der Waals surface area contributed by atoms with Crippen LogP contribution < -0.4 is 5.32 Å². The molecule has 2 rings (SSSR count). The van der Waals surface area contributed by atoms with E-state index in [0.29, 0.717) is 12.0 Å². The number of nitrogens with zero attached hydrogens (tertiary/aromatic N) is 4. The highest BCUT2D eigenvalue weighted by molar-refractivity contribution is 5.21. The Morgan fingerprint density at radius 3 is 2.82 bits per heavy atom. The molecule has 0 radical (unpaired) electrons. The van der Waals surface area contributed by atoms with Gasteiger partial charge in [0.1, 0.15) is 0 Å². The smallest absolute Gasteiger partial charge is 0.250 e. The molecule has 0 aliphatic rings. The fourth-order valence-corrected chi connectivity index (χ4v) is 1.46. The summed E-state index contributed by atoms with van der Waals surface area (Å²) in [6.45, 7) is 7.03. The van der Waals surface area contributed by atoms with Crippen LogP contribution in [0.15, 0.2) is 24.7 Å². The van der Waals surface area contributed by atoms with Crippen LogP contribution >= 0.6 is 0 Å². The minimum absolute atomic E-state index is 0.459. The van der Waals surface area contributed by atoms with Crippen molar-refractivity contribution in [2.75, 3.05) is 0 Å². The van der Waals surface area contributed by atoms with E-state index in [2.05, 4.69) is 34.2 Å². The molecule has 0 aliphatic heterocycles. The monoisotopic (exact) mass is 231 g/mol. The topological polar surface area (TPSA) is 55.6 Å². The summed E-state index contributed by atoms with van der Waals surface area (Å²) in [5, 5.41) is 7.46. The van der Waals surface area contributed by atoms with Crippen molar-refractivity contribution in [1.29, 1.82) is 0 Å². The molecular formula is C12H17N5. The molecule has 0 amide bonds. The third-order valence-corrected chi connectivity index (χ3v) is 2.48. The van der Waals surface area contributed by atoms with Crippen molar-refractivity contribution >= 4 is 0 Å². The van der Waals surface area contributed by atoms with Gasteiger partial charge in [-0.3, -0.25) is 0 Å². The molecule has 0 spiro atoms. The zero-order chi connectivity index (χ0) is 12.3. The van der Waals surface area contributed by atoms with Crippen molar-refractivity contribution in [2.45, 2.75) is 33.4 Å². The van der Waals surface area contributed by atoms with Crippen LogP contribution in [-0.4, -0.2) is 25.8 Å². The molecule has 2 heterocycles. The van der Waals surface area contributed by atoms with E-state index in [1.54, 1.807) is 10.9 Å². The van der Waals surface area contributed by atoms with E-state index in [9.17, 15) is 0 Å². The summed E-state index contributed by atoms with van der Waals surface area (Å²) in [5.74, 6) is 0.612. The standard InChI is InChI=1S/C12H17N5/c1-9(2)13-7-11-8-14-12(16-10(11)3)17-6-4-5-15-17/h4-6,8-9,13H,7H2,1-3H3. The van der Waals surface area contributed by atoms with Crippen molar-refractivity contribution in [3.05, 3.63) is 35.9 Å².